The number of nitrogens with two attached hydrogens (primary N) is 1. The van der Waals surface area contributed by atoms with Crippen LogP contribution in [0.25, 0.3) is 0 Å². The monoisotopic (exact) mass is 222 g/mol. The van der Waals surface area contributed by atoms with Crippen molar-refractivity contribution >= 4 is 5.82 Å². The molecular formula is C11H18N4O. The second kappa shape index (κ2) is 5.12. The molecule has 1 aliphatic rings. The van der Waals surface area contributed by atoms with Gasteiger partial charge in [0.2, 0.25) is 5.88 Å². The summed E-state index contributed by atoms with van der Waals surface area (Å²) in [5, 5.41) is 0. The van der Waals surface area contributed by atoms with Gasteiger partial charge in [-0.2, -0.15) is 4.98 Å². The van der Waals surface area contributed by atoms with Gasteiger partial charge in [-0.25, -0.2) is 0 Å². The maximum absolute atomic E-state index is 5.87. The summed E-state index contributed by atoms with van der Waals surface area (Å²) in [7, 11) is 0. The standard InChI is InChI=1S/C11H18N4O/c1-2-16-11-8-13-7-10(14-11)15-5-3-9(12)4-6-15/h7-9H,2-6,12H2,1H3. The molecule has 5 nitrogen and oxygen atoms in total. The molecule has 0 bridgehead atoms. The van der Waals surface area contributed by atoms with Gasteiger partial charge in [0, 0.05) is 19.1 Å². The van der Waals surface area contributed by atoms with Gasteiger partial charge in [0.1, 0.15) is 0 Å². The smallest absolute Gasteiger partial charge is 0.234 e. The zero-order valence-electron chi connectivity index (χ0n) is 9.59. The fourth-order valence-electron chi connectivity index (χ4n) is 1.84. The molecule has 1 fully saturated rings. The van der Waals surface area contributed by atoms with Crippen molar-refractivity contribution in [2.45, 2.75) is 25.8 Å². The minimum Gasteiger partial charge on any atom is -0.477 e. The zero-order chi connectivity index (χ0) is 11.4. The Morgan fingerprint density at radius 3 is 2.88 bits per heavy atom. The Morgan fingerprint density at radius 2 is 2.19 bits per heavy atom. The van der Waals surface area contributed by atoms with Crippen LogP contribution in [0, 0.1) is 0 Å². The molecule has 5 heteroatoms. The predicted molar refractivity (Wildman–Crippen MR) is 62.6 cm³/mol. The Hall–Kier alpha value is -1.36. The molecule has 1 aliphatic heterocycles. The first-order valence-corrected chi connectivity index (χ1v) is 5.75. The first-order chi connectivity index (χ1) is 7.79. The third-order valence-corrected chi connectivity index (χ3v) is 2.76. The van der Waals surface area contributed by atoms with Gasteiger partial charge in [-0.3, -0.25) is 4.98 Å². The van der Waals surface area contributed by atoms with E-state index in [4.69, 9.17) is 10.5 Å². The molecule has 0 unspecified atom stereocenters. The highest BCUT2D eigenvalue weighted by molar-refractivity contribution is 5.38. The lowest BCUT2D eigenvalue weighted by molar-refractivity contribution is 0.325. The van der Waals surface area contributed by atoms with Crippen LogP contribution in [0.2, 0.25) is 0 Å². The molecule has 2 heterocycles. The highest BCUT2D eigenvalue weighted by Gasteiger charge is 2.17. The van der Waals surface area contributed by atoms with E-state index < -0.39 is 0 Å². The number of hydrogen-bond acceptors (Lipinski definition) is 5. The summed E-state index contributed by atoms with van der Waals surface area (Å²) < 4.78 is 5.33. The van der Waals surface area contributed by atoms with E-state index in [9.17, 15) is 0 Å². The number of hydrogen-bond donors (Lipinski definition) is 1. The molecule has 1 aromatic heterocycles. The first kappa shape index (κ1) is 11.1. The number of anilines is 1. The van der Waals surface area contributed by atoms with Crippen molar-refractivity contribution in [1.82, 2.24) is 9.97 Å². The van der Waals surface area contributed by atoms with Gasteiger partial charge in [-0.15, -0.1) is 0 Å². The second-order valence-corrected chi connectivity index (χ2v) is 3.97. The highest BCUT2D eigenvalue weighted by Crippen LogP contribution is 2.18. The van der Waals surface area contributed by atoms with Gasteiger partial charge < -0.3 is 15.4 Å². The van der Waals surface area contributed by atoms with Gasteiger partial charge in [0.15, 0.2) is 5.82 Å². The van der Waals surface area contributed by atoms with Crippen LogP contribution < -0.4 is 15.4 Å². The number of nitrogens with zero attached hydrogens (tertiary/aromatic N) is 3. The SMILES string of the molecule is CCOc1cncc(N2CCC(N)CC2)n1. The molecule has 16 heavy (non-hydrogen) atoms. The summed E-state index contributed by atoms with van der Waals surface area (Å²) >= 11 is 0. The van der Waals surface area contributed by atoms with Crippen molar-refractivity contribution < 1.29 is 4.74 Å². The van der Waals surface area contributed by atoms with Crippen LogP contribution in [0.1, 0.15) is 19.8 Å². The van der Waals surface area contributed by atoms with Crippen LogP contribution in [0.4, 0.5) is 5.82 Å². The van der Waals surface area contributed by atoms with Crippen molar-refractivity contribution in [3.05, 3.63) is 12.4 Å². The third kappa shape index (κ3) is 2.61. The number of aromatic nitrogens is 2. The Bertz CT molecular complexity index is 337. The van der Waals surface area contributed by atoms with E-state index in [1.807, 2.05) is 6.92 Å². The van der Waals surface area contributed by atoms with E-state index in [0.717, 1.165) is 31.7 Å². The van der Waals surface area contributed by atoms with Gasteiger partial charge in [0.05, 0.1) is 19.0 Å². The normalized spacial score (nSPS) is 17.5. The minimum atomic E-state index is 0.333. The maximum atomic E-state index is 5.87. The zero-order valence-corrected chi connectivity index (χ0v) is 9.59. The number of ether oxygens (including phenoxy) is 1. The predicted octanol–water partition coefficient (Wildman–Crippen LogP) is 0.803. The van der Waals surface area contributed by atoms with Gasteiger partial charge in [-0.05, 0) is 19.8 Å². The number of rotatable bonds is 3. The largest absolute Gasteiger partial charge is 0.477 e. The fraction of sp³-hybridized carbons (Fsp3) is 0.636. The summed E-state index contributed by atoms with van der Waals surface area (Å²) in [5.74, 6) is 1.48. The van der Waals surface area contributed by atoms with Crippen LogP contribution in [-0.4, -0.2) is 35.7 Å². The fourth-order valence-corrected chi connectivity index (χ4v) is 1.84. The molecule has 1 saturated heterocycles. The van der Waals surface area contributed by atoms with Crippen molar-refractivity contribution in [1.29, 1.82) is 0 Å². The molecule has 0 aromatic carbocycles. The molecule has 0 amide bonds. The maximum Gasteiger partial charge on any atom is 0.234 e. The van der Waals surface area contributed by atoms with Crippen LogP contribution in [0.3, 0.4) is 0 Å². The summed E-state index contributed by atoms with van der Waals surface area (Å²) in [6.07, 6.45) is 5.45. The molecular weight excluding hydrogens is 204 g/mol. The number of piperidine rings is 1. The summed E-state index contributed by atoms with van der Waals surface area (Å²) in [6.45, 7) is 4.45. The molecule has 2 N–H and O–H groups in total. The molecule has 0 aliphatic carbocycles. The van der Waals surface area contributed by atoms with Crippen molar-refractivity contribution in [3.63, 3.8) is 0 Å². The van der Waals surface area contributed by atoms with E-state index in [0.29, 0.717) is 18.5 Å². The van der Waals surface area contributed by atoms with Crippen LogP contribution >= 0.6 is 0 Å². The van der Waals surface area contributed by atoms with Gasteiger partial charge in [-0.1, -0.05) is 0 Å². The van der Waals surface area contributed by atoms with Crippen LogP contribution in [0.15, 0.2) is 12.4 Å². The summed E-state index contributed by atoms with van der Waals surface area (Å²) in [5.41, 5.74) is 5.87. The Morgan fingerprint density at radius 1 is 1.44 bits per heavy atom. The molecule has 0 atom stereocenters. The third-order valence-electron chi connectivity index (χ3n) is 2.76. The Labute approximate surface area is 95.6 Å². The topological polar surface area (TPSA) is 64.3 Å². The molecule has 0 spiro atoms. The lowest BCUT2D eigenvalue weighted by Crippen LogP contribution is -2.40. The molecule has 2 rings (SSSR count). The van der Waals surface area contributed by atoms with E-state index >= 15 is 0 Å². The molecule has 0 saturated carbocycles. The van der Waals surface area contributed by atoms with E-state index in [1.54, 1.807) is 12.4 Å². The average Bonchev–Trinajstić information content (AvgIpc) is 2.31. The second-order valence-electron chi connectivity index (χ2n) is 3.97. The minimum absolute atomic E-state index is 0.333. The van der Waals surface area contributed by atoms with E-state index in [2.05, 4.69) is 14.9 Å². The van der Waals surface area contributed by atoms with Gasteiger partial charge >= 0.3 is 0 Å². The van der Waals surface area contributed by atoms with Crippen molar-refractivity contribution in [2.75, 3.05) is 24.6 Å². The molecule has 88 valence electrons. The van der Waals surface area contributed by atoms with Crippen molar-refractivity contribution in [3.8, 4) is 5.88 Å². The molecule has 1 aromatic rings. The van der Waals surface area contributed by atoms with Crippen LogP contribution in [0.5, 0.6) is 5.88 Å². The summed E-state index contributed by atoms with van der Waals surface area (Å²) in [6, 6.07) is 0.333. The lowest BCUT2D eigenvalue weighted by Gasteiger charge is -2.30. The van der Waals surface area contributed by atoms with Crippen molar-refractivity contribution in [2.24, 2.45) is 5.73 Å². The Balaban J connectivity index is 2.05. The Kier molecular flexibility index (Phi) is 3.56. The quantitative estimate of drug-likeness (QED) is 0.819. The van der Waals surface area contributed by atoms with Crippen LogP contribution in [-0.2, 0) is 0 Å². The first-order valence-electron chi connectivity index (χ1n) is 5.75. The van der Waals surface area contributed by atoms with Gasteiger partial charge in [0.25, 0.3) is 0 Å². The molecule has 0 radical (unpaired) electrons. The van der Waals surface area contributed by atoms with E-state index in [-0.39, 0.29) is 0 Å². The highest BCUT2D eigenvalue weighted by atomic mass is 16.5. The lowest BCUT2D eigenvalue weighted by atomic mass is 10.1. The average molecular weight is 222 g/mol. The summed E-state index contributed by atoms with van der Waals surface area (Å²) in [4.78, 5) is 10.8. The van der Waals surface area contributed by atoms with E-state index in [1.165, 1.54) is 0 Å².